The Hall–Kier alpha value is -0.580. The third-order valence-corrected chi connectivity index (χ3v) is 4.74. The van der Waals surface area contributed by atoms with E-state index in [4.69, 9.17) is 49.3 Å². The van der Waals surface area contributed by atoms with Gasteiger partial charge in [0.05, 0.1) is 12.9 Å². The predicted molar refractivity (Wildman–Crippen MR) is 87.6 cm³/mol. The lowest BCUT2D eigenvalue weighted by Gasteiger charge is -2.16. The van der Waals surface area contributed by atoms with Gasteiger partial charge in [0.15, 0.2) is 17.7 Å². The van der Waals surface area contributed by atoms with Crippen molar-refractivity contribution < 1.29 is 19.5 Å². The molecule has 9 nitrogen and oxygen atoms in total. The lowest BCUT2D eigenvalue weighted by molar-refractivity contribution is -0.0459. The summed E-state index contributed by atoms with van der Waals surface area (Å²) >= 11 is 16.0. The molecular formula is C10H12Cl2N5O4PS. The Morgan fingerprint density at radius 2 is 2.09 bits per heavy atom. The molecule has 4 atom stereocenters. The van der Waals surface area contributed by atoms with Gasteiger partial charge in [0.2, 0.25) is 4.97 Å². The highest BCUT2D eigenvalue weighted by Crippen LogP contribution is 2.58. The van der Waals surface area contributed by atoms with Crippen molar-refractivity contribution in [2.75, 3.05) is 12.3 Å². The highest BCUT2D eigenvalue weighted by atomic mass is 35.9. The molecule has 13 heteroatoms. The first-order valence-electron chi connectivity index (χ1n) is 6.36. The maximum Gasteiger partial charge on any atom is 0.240 e. The predicted octanol–water partition coefficient (Wildman–Crippen LogP) is 0.746. The number of aromatic nitrogens is 4. The highest BCUT2D eigenvalue weighted by molar-refractivity contribution is 8.36. The van der Waals surface area contributed by atoms with E-state index in [0.717, 1.165) is 0 Å². The Labute approximate surface area is 145 Å². The number of rotatable bonds is 4. The van der Waals surface area contributed by atoms with Gasteiger partial charge in [-0.15, -0.1) is 0 Å². The van der Waals surface area contributed by atoms with Gasteiger partial charge in [-0.2, -0.15) is 0 Å². The lowest BCUT2D eigenvalue weighted by atomic mass is 10.1. The largest absolute Gasteiger partial charge is 0.387 e. The van der Waals surface area contributed by atoms with E-state index in [1.165, 1.54) is 17.2 Å². The molecule has 0 radical (unpaired) electrons. The van der Waals surface area contributed by atoms with Crippen molar-refractivity contribution in [1.29, 1.82) is 0 Å². The number of imidazole rings is 1. The first-order valence-corrected chi connectivity index (χ1v) is 10.9. The molecule has 23 heavy (non-hydrogen) atoms. The molecule has 0 spiro atoms. The van der Waals surface area contributed by atoms with Crippen molar-refractivity contribution in [2.24, 2.45) is 0 Å². The number of anilines is 1. The number of hydrogen-bond acceptors (Lipinski definition) is 9. The average molecular weight is 400 g/mol. The summed E-state index contributed by atoms with van der Waals surface area (Å²) in [4.78, 5) is 9.05. The molecule has 2 aromatic rings. The third kappa shape index (κ3) is 3.45. The van der Waals surface area contributed by atoms with Gasteiger partial charge in [-0.05, 0) is 34.3 Å². The minimum Gasteiger partial charge on any atom is -0.387 e. The summed E-state index contributed by atoms with van der Waals surface area (Å²) in [5.74, 6) is 0.201. The number of aliphatic hydroxyl groups is 2. The van der Waals surface area contributed by atoms with E-state index in [2.05, 4.69) is 15.0 Å². The van der Waals surface area contributed by atoms with Gasteiger partial charge in [-0.1, -0.05) is 0 Å². The molecular weight excluding hydrogens is 388 g/mol. The summed E-state index contributed by atoms with van der Waals surface area (Å²) in [6.45, 7) is -0.150. The van der Waals surface area contributed by atoms with E-state index in [1.807, 2.05) is 0 Å². The minimum atomic E-state index is -2.94. The SMILES string of the molecule is Nc1ncnc2c1ncn2C1OC(COP(=S)(Cl)Cl)[C@@H](O)[C@@H]1O. The number of nitrogens with two attached hydrogens (primary N) is 1. The summed E-state index contributed by atoms with van der Waals surface area (Å²) in [5, 5.41) is 20.3. The Kier molecular flexibility index (Phi) is 4.78. The van der Waals surface area contributed by atoms with Gasteiger partial charge in [-0.25, -0.2) is 15.0 Å². The zero-order valence-electron chi connectivity index (χ0n) is 11.4. The number of nitrogen functional groups attached to an aromatic ring is 1. The molecule has 126 valence electrons. The first-order chi connectivity index (χ1) is 10.8. The second-order valence-electron chi connectivity index (χ2n) is 4.84. The fourth-order valence-corrected chi connectivity index (χ4v) is 3.15. The molecule has 0 amide bonds. The van der Waals surface area contributed by atoms with Crippen molar-refractivity contribution >= 4 is 56.2 Å². The molecule has 3 rings (SSSR count). The standard InChI is InChI=1S/C10H12Cl2N5O4PS/c11-22(12,23)20-1-4-6(18)7(19)10(21-4)17-3-16-5-8(13)14-2-15-9(5)17/h2-4,6-7,10,18-19H,1H2,(H2,13,14,15)/t4?,6-,7+,10?/m1/s1. The molecule has 3 heterocycles. The Balaban J connectivity index is 1.85. The lowest BCUT2D eigenvalue weighted by Crippen LogP contribution is -2.33. The number of hydrogen-bond donors (Lipinski definition) is 3. The number of halogens is 2. The van der Waals surface area contributed by atoms with Crippen LogP contribution in [0.5, 0.6) is 0 Å². The average Bonchev–Trinajstić information content (AvgIpc) is 3.01. The van der Waals surface area contributed by atoms with Gasteiger partial charge >= 0.3 is 0 Å². The Morgan fingerprint density at radius 3 is 2.78 bits per heavy atom. The molecule has 0 saturated carbocycles. The van der Waals surface area contributed by atoms with Crippen molar-refractivity contribution in [3.05, 3.63) is 12.7 Å². The van der Waals surface area contributed by atoms with E-state index in [9.17, 15) is 10.2 Å². The molecule has 1 aliphatic heterocycles. The maximum atomic E-state index is 10.2. The zero-order valence-corrected chi connectivity index (χ0v) is 14.6. The third-order valence-electron chi connectivity index (χ3n) is 3.39. The molecule has 4 N–H and O–H groups in total. The zero-order chi connectivity index (χ0) is 16.8. The number of fused-ring (bicyclic) bond motifs is 1. The number of nitrogens with zero attached hydrogens (tertiary/aromatic N) is 4. The van der Waals surface area contributed by atoms with Crippen LogP contribution in [0.3, 0.4) is 0 Å². The van der Waals surface area contributed by atoms with Gasteiger partial charge in [-0.3, -0.25) is 4.57 Å². The molecule has 2 unspecified atom stereocenters. The van der Waals surface area contributed by atoms with E-state index in [0.29, 0.717) is 11.2 Å². The fourth-order valence-electron chi connectivity index (χ4n) is 2.31. The van der Waals surface area contributed by atoms with Crippen LogP contribution in [0.15, 0.2) is 12.7 Å². The molecule has 0 aliphatic carbocycles. The number of ether oxygens (including phenoxy) is 1. The van der Waals surface area contributed by atoms with E-state index >= 15 is 0 Å². The monoisotopic (exact) mass is 399 g/mol. The first kappa shape index (κ1) is 17.2. The van der Waals surface area contributed by atoms with Crippen LogP contribution in [0.1, 0.15) is 6.23 Å². The smallest absolute Gasteiger partial charge is 0.240 e. The molecule has 1 fully saturated rings. The van der Waals surface area contributed by atoms with Crippen LogP contribution in [0.4, 0.5) is 5.82 Å². The second-order valence-corrected chi connectivity index (χ2v) is 12.0. The summed E-state index contributed by atoms with van der Waals surface area (Å²) in [7, 11) is 0. The summed E-state index contributed by atoms with van der Waals surface area (Å²) < 4.78 is 12.2. The van der Waals surface area contributed by atoms with E-state index < -0.39 is 29.5 Å². The topological polar surface area (TPSA) is 129 Å². The van der Waals surface area contributed by atoms with Gasteiger partial charge < -0.3 is 25.2 Å². The second kappa shape index (κ2) is 6.38. The van der Waals surface area contributed by atoms with Crippen molar-refractivity contribution in [1.82, 2.24) is 19.5 Å². The molecule has 2 aromatic heterocycles. The summed E-state index contributed by atoms with van der Waals surface area (Å²) in [6, 6.07) is 0. The van der Waals surface area contributed by atoms with Gasteiger partial charge in [0.25, 0.3) is 0 Å². The van der Waals surface area contributed by atoms with Crippen molar-refractivity contribution in [3.8, 4) is 0 Å². The fraction of sp³-hybridized carbons (Fsp3) is 0.500. The van der Waals surface area contributed by atoms with Crippen LogP contribution < -0.4 is 5.73 Å². The van der Waals surface area contributed by atoms with Crippen LogP contribution in [-0.4, -0.2) is 54.7 Å². The highest BCUT2D eigenvalue weighted by Gasteiger charge is 2.44. The normalized spacial score (nSPS) is 28.5. The van der Waals surface area contributed by atoms with Crippen LogP contribution in [-0.2, 0) is 21.1 Å². The van der Waals surface area contributed by atoms with Gasteiger partial charge in [0.1, 0.15) is 30.2 Å². The summed E-state index contributed by atoms with van der Waals surface area (Å²) in [5.41, 5.74) is 6.46. The molecule has 1 saturated heterocycles. The molecule has 1 aliphatic rings. The van der Waals surface area contributed by atoms with Crippen molar-refractivity contribution in [2.45, 2.75) is 24.5 Å². The molecule has 0 bridgehead atoms. The Morgan fingerprint density at radius 1 is 1.35 bits per heavy atom. The minimum absolute atomic E-state index is 0.150. The van der Waals surface area contributed by atoms with Crippen LogP contribution in [0, 0.1) is 0 Å². The van der Waals surface area contributed by atoms with Crippen LogP contribution >= 0.6 is 27.5 Å². The van der Waals surface area contributed by atoms with E-state index in [1.54, 1.807) is 0 Å². The molecule has 0 aromatic carbocycles. The van der Waals surface area contributed by atoms with Gasteiger partial charge in [0, 0.05) is 0 Å². The van der Waals surface area contributed by atoms with Crippen LogP contribution in [0.25, 0.3) is 11.2 Å². The quantitative estimate of drug-likeness (QED) is 0.637. The van der Waals surface area contributed by atoms with E-state index in [-0.39, 0.29) is 12.4 Å². The maximum absolute atomic E-state index is 10.2. The van der Waals surface area contributed by atoms with Crippen LogP contribution in [0.2, 0.25) is 0 Å². The van der Waals surface area contributed by atoms with Crippen molar-refractivity contribution in [3.63, 3.8) is 0 Å². The summed E-state index contributed by atoms with van der Waals surface area (Å²) in [6.07, 6.45) is -1.57. The Bertz CT molecular complexity index is 773. The number of aliphatic hydroxyl groups excluding tert-OH is 2.